The predicted molar refractivity (Wildman–Crippen MR) is 279 cm³/mol. The number of carbonyl (C=O) groups is 8. The maximum Gasteiger partial charge on any atom is 0.329 e. The number of rotatable bonds is 28. The highest BCUT2D eigenvalue weighted by atomic mass is 16.5. The minimum Gasteiger partial charge on any atom is -0.481 e. The number of amides is 6. The number of likely N-dealkylation sites (tertiary alicyclic amines) is 1. The standard InChI is InChI=1S/C54H74N12O10/c1-5-33(4)47(55)52(73)65-43(24-35-16-10-7-11-17-35)54(75)76-45(27-46(67)68)39(22-32(2)3)61-50(71)41(25-36-28-56-30-59-36)62-49(70)40(23-34-14-8-6-9-15-34)63-51(72)44-19-13-21-66(44)53(74)42(26-37-29-57-31-60-37)64-48(69)38-18-12-20-58-38/h6-11,14-17,28-33,38-45,47,58H,5,12-13,18-27,55H2,1-4H3,(H,56,59)(H,57,60)(H,61,71)(H,62,70)(H,63,72)(H,64,69)(H,65,73)(H,67,68). The number of nitrogens with one attached hydrogen (secondary N) is 8. The van der Waals surface area contributed by atoms with E-state index in [0.717, 1.165) is 6.42 Å². The minimum atomic E-state index is -1.45. The van der Waals surface area contributed by atoms with Crippen LogP contribution in [0.4, 0.5) is 0 Å². The molecule has 0 radical (unpaired) electrons. The Labute approximate surface area is 442 Å². The summed E-state index contributed by atoms with van der Waals surface area (Å²) in [6, 6.07) is 9.33. The van der Waals surface area contributed by atoms with Crippen molar-refractivity contribution in [1.82, 2.24) is 56.7 Å². The van der Waals surface area contributed by atoms with E-state index in [9.17, 15) is 43.5 Å². The molecule has 22 nitrogen and oxygen atoms in total. The fraction of sp³-hybridized carbons (Fsp3) is 0.519. The lowest BCUT2D eigenvalue weighted by Crippen LogP contribution is -2.60. The average Bonchev–Trinajstić information content (AvgIpc) is 4.28. The van der Waals surface area contributed by atoms with E-state index in [1.807, 2.05) is 27.7 Å². The highest BCUT2D eigenvalue weighted by Gasteiger charge is 2.41. The van der Waals surface area contributed by atoms with Crippen LogP contribution >= 0.6 is 0 Å². The smallest absolute Gasteiger partial charge is 0.329 e. The molecule has 11 N–H and O–H groups in total. The lowest BCUT2D eigenvalue weighted by Gasteiger charge is -2.32. The number of aromatic nitrogens is 4. The van der Waals surface area contributed by atoms with Crippen LogP contribution in [0.25, 0.3) is 0 Å². The average molecular weight is 1050 g/mol. The Morgan fingerprint density at radius 1 is 0.711 bits per heavy atom. The van der Waals surface area contributed by atoms with E-state index >= 15 is 0 Å². The second-order valence-corrected chi connectivity index (χ2v) is 20.3. The monoisotopic (exact) mass is 1050 g/mol. The Morgan fingerprint density at radius 3 is 1.83 bits per heavy atom. The van der Waals surface area contributed by atoms with Gasteiger partial charge in [-0.25, -0.2) is 14.8 Å². The summed E-state index contributed by atoms with van der Waals surface area (Å²) in [6.45, 7) is 8.28. The van der Waals surface area contributed by atoms with Crippen LogP contribution in [0.2, 0.25) is 0 Å². The SMILES string of the molecule is CCC(C)C(N)C(=O)NC(Cc1ccccc1)C(=O)OC(CC(=O)O)C(CC(C)C)NC(=O)C(Cc1cnc[nH]1)NC(=O)C(Cc1ccccc1)NC(=O)C1CCCN1C(=O)C(Cc1cnc[nH]1)NC(=O)C1CCCN1. The summed E-state index contributed by atoms with van der Waals surface area (Å²) in [5.41, 5.74) is 8.68. The van der Waals surface area contributed by atoms with Crippen molar-refractivity contribution in [3.8, 4) is 0 Å². The van der Waals surface area contributed by atoms with Gasteiger partial charge in [-0.05, 0) is 61.6 Å². The fourth-order valence-corrected chi connectivity index (χ4v) is 9.51. The Kier molecular flexibility index (Phi) is 21.6. The Balaban J connectivity index is 1.24. The van der Waals surface area contributed by atoms with Gasteiger partial charge in [0.1, 0.15) is 36.3 Å². The number of H-pyrrole nitrogens is 2. The molecule has 4 aromatic rings. The third kappa shape index (κ3) is 17.0. The van der Waals surface area contributed by atoms with E-state index in [1.54, 1.807) is 66.9 Å². The van der Waals surface area contributed by atoms with E-state index < -0.39 is 102 Å². The predicted octanol–water partition coefficient (Wildman–Crippen LogP) is 1.38. The maximum absolute atomic E-state index is 14.7. The number of aromatic amines is 2. The highest BCUT2D eigenvalue weighted by Crippen LogP contribution is 2.22. The summed E-state index contributed by atoms with van der Waals surface area (Å²) in [7, 11) is 0. The van der Waals surface area contributed by atoms with Gasteiger partial charge >= 0.3 is 11.9 Å². The second-order valence-electron chi connectivity index (χ2n) is 20.3. The summed E-state index contributed by atoms with van der Waals surface area (Å²) >= 11 is 0. The molecule has 10 atom stereocenters. The zero-order valence-corrected chi connectivity index (χ0v) is 43.7. The normalized spacial score (nSPS) is 18.5. The van der Waals surface area contributed by atoms with Gasteiger partial charge in [0.2, 0.25) is 35.4 Å². The van der Waals surface area contributed by atoms with Crippen molar-refractivity contribution in [1.29, 1.82) is 0 Å². The number of benzene rings is 2. The van der Waals surface area contributed by atoms with Crippen LogP contribution in [0.5, 0.6) is 0 Å². The molecule has 2 aromatic heterocycles. The van der Waals surface area contributed by atoms with Gasteiger partial charge in [0.25, 0.3) is 0 Å². The number of carboxylic acids is 1. The lowest BCUT2D eigenvalue weighted by atomic mass is 9.96. The minimum absolute atomic E-state index is 0.00326. The molecule has 0 aliphatic carbocycles. The Hall–Kier alpha value is -7.46. The number of carbonyl (C=O) groups excluding carboxylic acids is 7. The third-order valence-corrected chi connectivity index (χ3v) is 13.9. The van der Waals surface area contributed by atoms with E-state index in [-0.39, 0.29) is 62.8 Å². The van der Waals surface area contributed by atoms with Crippen molar-refractivity contribution in [2.24, 2.45) is 17.6 Å². The molecule has 22 heteroatoms. The van der Waals surface area contributed by atoms with E-state index in [0.29, 0.717) is 48.3 Å². The fourth-order valence-electron chi connectivity index (χ4n) is 9.51. The first-order valence-electron chi connectivity index (χ1n) is 26.2. The lowest BCUT2D eigenvalue weighted by molar-refractivity contribution is -0.159. The second kappa shape index (κ2) is 28.4. The van der Waals surface area contributed by atoms with Crippen LogP contribution in [-0.2, 0) is 68.8 Å². The molecule has 10 unspecified atom stereocenters. The van der Waals surface area contributed by atoms with Crippen LogP contribution in [0.1, 0.15) is 95.2 Å². The van der Waals surface area contributed by atoms with E-state index in [1.165, 1.54) is 23.8 Å². The van der Waals surface area contributed by atoms with Crippen molar-refractivity contribution < 1.29 is 48.2 Å². The first-order chi connectivity index (χ1) is 36.5. The summed E-state index contributed by atoms with van der Waals surface area (Å²) in [6.07, 6.45) is 6.60. The van der Waals surface area contributed by atoms with Gasteiger partial charge in [-0.15, -0.1) is 0 Å². The molecule has 0 saturated carbocycles. The van der Waals surface area contributed by atoms with Gasteiger partial charge in [0.05, 0.1) is 37.2 Å². The number of imidazole rings is 2. The molecule has 6 amide bonds. The van der Waals surface area contributed by atoms with Crippen LogP contribution in [0.3, 0.4) is 0 Å². The van der Waals surface area contributed by atoms with Crippen LogP contribution in [0, 0.1) is 11.8 Å². The number of nitrogens with two attached hydrogens (primary N) is 1. The molecule has 6 rings (SSSR count). The number of hydrogen-bond donors (Lipinski definition) is 10. The van der Waals surface area contributed by atoms with E-state index in [2.05, 4.69) is 51.8 Å². The van der Waals surface area contributed by atoms with Crippen molar-refractivity contribution in [2.75, 3.05) is 13.1 Å². The molecule has 2 fully saturated rings. The number of carboxylic acid groups (broad SMARTS) is 1. The van der Waals surface area contributed by atoms with Gasteiger partial charge in [-0.1, -0.05) is 94.8 Å². The summed E-state index contributed by atoms with van der Waals surface area (Å²) in [5.74, 6) is -6.16. The molecule has 76 heavy (non-hydrogen) atoms. The summed E-state index contributed by atoms with van der Waals surface area (Å²) in [4.78, 5) is 127. The number of aliphatic carboxylic acids is 1. The summed E-state index contributed by atoms with van der Waals surface area (Å²) in [5, 5.41) is 27.6. The Bertz CT molecular complexity index is 2520. The van der Waals surface area contributed by atoms with Gasteiger partial charge in [0, 0.05) is 56.0 Å². The zero-order chi connectivity index (χ0) is 54.7. The third-order valence-electron chi connectivity index (χ3n) is 13.9. The number of esters is 1. The molecule has 2 aliphatic rings. The van der Waals surface area contributed by atoms with Crippen LogP contribution < -0.4 is 37.6 Å². The number of ether oxygens (including phenoxy) is 1. The molecule has 2 saturated heterocycles. The van der Waals surface area contributed by atoms with Crippen molar-refractivity contribution >= 4 is 47.4 Å². The molecular weight excluding hydrogens is 977 g/mol. The van der Waals surface area contributed by atoms with Gasteiger partial charge in [-0.2, -0.15) is 0 Å². The van der Waals surface area contributed by atoms with Crippen LogP contribution in [0.15, 0.2) is 85.7 Å². The molecule has 0 bridgehead atoms. The van der Waals surface area contributed by atoms with Crippen LogP contribution in [-0.4, -0.2) is 145 Å². The first kappa shape index (κ1) is 57.8. The van der Waals surface area contributed by atoms with Crippen molar-refractivity contribution in [2.45, 2.75) is 153 Å². The van der Waals surface area contributed by atoms with Crippen molar-refractivity contribution in [3.05, 3.63) is 108 Å². The quantitative estimate of drug-likeness (QED) is 0.0360. The molecule has 4 heterocycles. The maximum atomic E-state index is 14.7. The Morgan fingerprint density at radius 2 is 1.28 bits per heavy atom. The largest absolute Gasteiger partial charge is 0.481 e. The van der Waals surface area contributed by atoms with Gasteiger partial charge in [-0.3, -0.25) is 33.6 Å². The summed E-state index contributed by atoms with van der Waals surface area (Å²) < 4.78 is 6.00. The number of hydrogen-bond acceptors (Lipinski definition) is 13. The van der Waals surface area contributed by atoms with Gasteiger partial charge in [0.15, 0.2) is 0 Å². The molecule has 0 spiro atoms. The highest BCUT2D eigenvalue weighted by molar-refractivity contribution is 5.96. The van der Waals surface area contributed by atoms with Gasteiger partial charge < -0.3 is 62.3 Å². The van der Waals surface area contributed by atoms with E-state index in [4.69, 9.17) is 10.5 Å². The molecule has 2 aliphatic heterocycles. The van der Waals surface area contributed by atoms with Crippen molar-refractivity contribution in [3.63, 3.8) is 0 Å². The topological polar surface area (TPSA) is 325 Å². The molecule has 2 aromatic carbocycles. The first-order valence-corrected chi connectivity index (χ1v) is 26.2. The zero-order valence-electron chi connectivity index (χ0n) is 43.7. The molecular formula is C54H74N12O10. The number of nitrogens with zero attached hydrogens (tertiary/aromatic N) is 3. The molecule has 410 valence electrons.